The molecule has 3 aliphatic carbocycles. The Balaban J connectivity index is 1.40. The number of carbonyl (C=O) groups is 1. The molecule has 0 amide bonds. The summed E-state index contributed by atoms with van der Waals surface area (Å²) in [7, 11) is 0. The monoisotopic (exact) mass is 296 g/mol. The fourth-order valence-electron chi connectivity index (χ4n) is 5.14. The van der Waals surface area contributed by atoms with Crippen LogP contribution in [0.1, 0.15) is 48.5 Å². The highest BCUT2D eigenvalue weighted by molar-refractivity contribution is 5.74. The highest BCUT2D eigenvalue weighted by atomic mass is 16.5. The third-order valence-corrected chi connectivity index (χ3v) is 5.91. The van der Waals surface area contributed by atoms with E-state index in [1.807, 2.05) is 24.3 Å². The van der Waals surface area contributed by atoms with Gasteiger partial charge in [-0.05, 0) is 60.5 Å². The third kappa shape index (κ3) is 2.44. The molecular weight excluding hydrogens is 272 g/mol. The summed E-state index contributed by atoms with van der Waals surface area (Å²) in [5.41, 5.74) is 3.96. The lowest BCUT2D eigenvalue weighted by Gasteiger charge is -2.36. The minimum atomic E-state index is 0.395. The van der Waals surface area contributed by atoms with Gasteiger partial charge in [0.05, 0.1) is 13.2 Å². The van der Waals surface area contributed by atoms with E-state index in [-0.39, 0.29) is 0 Å². The van der Waals surface area contributed by atoms with E-state index in [1.165, 1.54) is 25.7 Å². The molecule has 22 heavy (non-hydrogen) atoms. The van der Waals surface area contributed by atoms with E-state index in [2.05, 4.69) is 13.0 Å². The molecule has 0 aromatic heterocycles. The Morgan fingerprint density at radius 2 is 2.23 bits per heavy atom. The van der Waals surface area contributed by atoms with Crippen LogP contribution in [0.2, 0.25) is 0 Å². The van der Waals surface area contributed by atoms with Crippen LogP contribution in [-0.2, 0) is 11.3 Å². The topological polar surface area (TPSA) is 26.3 Å². The predicted octanol–water partition coefficient (Wildman–Crippen LogP) is 4.40. The van der Waals surface area contributed by atoms with Crippen LogP contribution < -0.4 is 0 Å². The van der Waals surface area contributed by atoms with Gasteiger partial charge in [-0.25, -0.2) is 0 Å². The van der Waals surface area contributed by atoms with Gasteiger partial charge in [-0.1, -0.05) is 36.8 Å². The molecule has 4 rings (SSSR count). The Labute approximate surface area is 132 Å². The molecular formula is C20H24O2. The molecule has 0 N–H and O–H groups in total. The number of aldehydes is 1. The molecule has 2 fully saturated rings. The first-order valence-electron chi connectivity index (χ1n) is 8.50. The number of carbonyl (C=O) groups excluding carboxylic acids is 1. The van der Waals surface area contributed by atoms with Crippen molar-refractivity contribution in [1.29, 1.82) is 0 Å². The van der Waals surface area contributed by atoms with Crippen LogP contribution in [0.15, 0.2) is 35.9 Å². The van der Waals surface area contributed by atoms with Gasteiger partial charge in [-0.2, -0.15) is 0 Å². The van der Waals surface area contributed by atoms with Crippen LogP contribution in [0.25, 0.3) is 0 Å². The number of hydrogen-bond acceptors (Lipinski definition) is 2. The first kappa shape index (κ1) is 14.2. The summed E-state index contributed by atoms with van der Waals surface area (Å²) in [6, 6.07) is 7.74. The fourth-order valence-corrected chi connectivity index (χ4v) is 5.14. The molecule has 1 aromatic rings. The number of hydrogen-bond donors (Lipinski definition) is 0. The van der Waals surface area contributed by atoms with Crippen molar-refractivity contribution in [2.45, 2.75) is 39.2 Å². The zero-order valence-electron chi connectivity index (χ0n) is 13.3. The van der Waals surface area contributed by atoms with Crippen molar-refractivity contribution in [3.63, 3.8) is 0 Å². The summed E-state index contributed by atoms with van der Waals surface area (Å²) in [5.74, 6) is 2.50. The number of rotatable bonds is 5. The fraction of sp³-hybridized carbons (Fsp3) is 0.550. The van der Waals surface area contributed by atoms with E-state index in [1.54, 1.807) is 5.57 Å². The van der Waals surface area contributed by atoms with Crippen LogP contribution in [0, 0.1) is 23.2 Å². The Morgan fingerprint density at radius 1 is 1.32 bits per heavy atom. The van der Waals surface area contributed by atoms with Crippen LogP contribution in [0.5, 0.6) is 0 Å². The summed E-state index contributed by atoms with van der Waals surface area (Å²) in [5, 5.41) is 0. The lowest BCUT2D eigenvalue weighted by Crippen LogP contribution is -2.27. The molecule has 116 valence electrons. The maximum absolute atomic E-state index is 10.9. The van der Waals surface area contributed by atoms with E-state index >= 15 is 0 Å². The first-order valence-corrected chi connectivity index (χ1v) is 8.50. The van der Waals surface area contributed by atoms with Crippen molar-refractivity contribution in [3.8, 4) is 0 Å². The molecule has 2 bridgehead atoms. The lowest BCUT2D eigenvalue weighted by atomic mass is 9.69. The van der Waals surface area contributed by atoms with Gasteiger partial charge in [0.2, 0.25) is 0 Å². The molecule has 2 saturated carbocycles. The van der Waals surface area contributed by atoms with Crippen molar-refractivity contribution in [2.75, 3.05) is 6.61 Å². The molecule has 4 unspecified atom stereocenters. The normalized spacial score (nSPS) is 35.5. The van der Waals surface area contributed by atoms with Crippen molar-refractivity contribution < 1.29 is 9.53 Å². The summed E-state index contributed by atoms with van der Waals surface area (Å²) in [6.07, 6.45) is 8.75. The van der Waals surface area contributed by atoms with Crippen molar-refractivity contribution in [3.05, 3.63) is 47.0 Å². The quantitative estimate of drug-likeness (QED) is 0.594. The highest BCUT2D eigenvalue weighted by Gasteiger charge is 2.53. The van der Waals surface area contributed by atoms with Crippen LogP contribution in [0.4, 0.5) is 0 Å². The lowest BCUT2D eigenvalue weighted by molar-refractivity contribution is 0.0245. The molecule has 2 nitrogen and oxygen atoms in total. The zero-order chi connectivity index (χ0) is 15.2. The van der Waals surface area contributed by atoms with Gasteiger partial charge in [0.25, 0.3) is 0 Å². The van der Waals surface area contributed by atoms with Gasteiger partial charge in [-0.15, -0.1) is 0 Å². The van der Waals surface area contributed by atoms with Crippen molar-refractivity contribution in [1.82, 2.24) is 0 Å². The Kier molecular flexibility index (Phi) is 3.45. The molecule has 0 radical (unpaired) electrons. The first-order chi connectivity index (χ1) is 10.7. The van der Waals surface area contributed by atoms with Gasteiger partial charge < -0.3 is 4.74 Å². The summed E-state index contributed by atoms with van der Waals surface area (Å²) in [4.78, 5) is 10.9. The highest BCUT2D eigenvalue weighted by Crippen LogP contribution is 2.62. The van der Waals surface area contributed by atoms with Gasteiger partial charge in [0.15, 0.2) is 0 Å². The molecule has 0 saturated heterocycles. The van der Waals surface area contributed by atoms with Gasteiger partial charge in [0.1, 0.15) is 6.29 Å². The molecule has 4 atom stereocenters. The molecule has 2 heteroatoms. The van der Waals surface area contributed by atoms with Gasteiger partial charge in [0, 0.05) is 5.56 Å². The van der Waals surface area contributed by atoms with Crippen LogP contribution in [-0.4, -0.2) is 12.9 Å². The Bertz CT molecular complexity index is 618. The second kappa shape index (κ2) is 5.34. The summed E-state index contributed by atoms with van der Waals surface area (Å²) < 4.78 is 6.11. The average Bonchev–Trinajstić information content (AvgIpc) is 2.71. The van der Waals surface area contributed by atoms with Gasteiger partial charge >= 0.3 is 0 Å². The average molecular weight is 296 g/mol. The van der Waals surface area contributed by atoms with E-state index in [4.69, 9.17) is 4.74 Å². The maximum atomic E-state index is 10.9. The second-order valence-electron chi connectivity index (χ2n) is 7.76. The SMILES string of the molecule is CC1C=C2CC3CC(COCc4cccc(C=O)c4)(C1)CC23. The minimum Gasteiger partial charge on any atom is -0.376 e. The minimum absolute atomic E-state index is 0.395. The van der Waals surface area contributed by atoms with Crippen LogP contribution >= 0.6 is 0 Å². The van der Waals surface area contributed by atoms with E-state index < -0.39 is 0 Å². The number of fused-ring (bicyclic) bond motifs is 1. The smallest absolute Gasteiger partial charge is 0.150 e. The molecule has 0 spiro atoms. The molecule has 1 aromatic carbocycles. The van der Waals surface area contributed by atoms with Crippen LogP contribution in [0.3, 0.4) is 0 Å². The van der Waals surface area contributed by atoms with E-state index in [0.29, 0.717) is 17.9 Å². The third-order valence-electron chi connectivity index (χ3n) is 5.91. The van der Waals surface area contributed by atoms with Crippen molar-refractivity contribution >= 4 is 6.29 Å². The molecule has 3 aliphatic rings. The zero-order valence-corrected chi connectivity index (χ0v) is 13.3. The predicted molar refractivity (Wildman–Crippen MR) is 86.6 cm³/mol. The summed E-state index contributed by atoms with van der Waals surface area (Å²) in [6.45, 7) is 3.85. The summed E-state index contributed by atoms with van der Waals surface area (Å²) >= 11 is 0. The number of benzene rings is 1. The van der Waals surface area contributed by atoms with Crippen molar-refractivity contribution in [2.24, 2.45) is 23.2 Å². The Morgan fingerprint density at radius 3 is 3.09 bits per heavy atom. The van der Waals surface area contributed by atoms with Gasteiger partial charge in [-0.3, -0.25) is 4.79 Å². The second-order valence-corrected chi connectivity index (χ2v) is 7.76. The largest absolute Gasteiger partial charge is 0.376 e. The number of ether oxygens (including phenoxy) is 1. The van der Waals surface area contributed by atoms with E-state index in [0.717, 1.165) is 35.9 Å². The number of allylic oxidation sites excluding steroid dienone is 2. The standard InChI is InChI=1S/C20H24O2/c1-14-5-17-7-18-9-20(8-14,10-19(17)18)13-22-12-16-4-2-3-15(6-16)11-21/h2-6,11,14,18-19H,7-10,12-13H2,1H3. The molecule has 0 aliphatic heterocycles. The maximum Gasteiger partial charge on any atom is 0.150 e. The molecule has 0 heterocycles. The van der Waals surface area contributed by atoms with E-state index in [9.17, 15) is 4.79 Å². The Hall–Kier alpha value is -1.41.